The van der Waals surface area contributed by atoms with Crippen LogP contribution in [0.15, 0.2) is 17.0 Å². The van der Waals surface area contributed by atoms with Crippen LogP contribution in [0.5, 0.6) is 0 Å². The predicted molar refractivity (Wildman–Crippen MR) is 83.7 cm³/mol. The van der Waals surface area contributed by atoms with E-state index in [4.69, 9.17) is 10.5 Å². The Kier molecular flexibility index (Phi) is 4.08. The number of nitrogens with two attached hydrogens (primary N) is 1. The van der Waals surface area contributed by atoms with E-state index in [0.717, 1.165) is 11.1 Å². The Balaban J connectivity index is 2.42. The minimum absolute atomic E-state index is 0.132. The van der Waals surface area contributed by atoms with Gasteiger partial charge in [-0.2, -0.15) is 4.31 Å². The summed E-state index contributed by atoms with van der Waals surface area (Å²) in [5, 5.41) is 0. The zero-order valence-electron chi connectivity index (χ0n) is 13.3. The average molecular weight is 312 g/mol. The molecule has 6 heteroatoms. The van der Waals surface area contributed by atoms with Gasteiger partial charge in [0, 0.05) is 18.8 Å². The van der Waals surface area contributed by atoms with Gasteiger partial charge in [0.25, 0.3) is 0 Å². The number of nitrogens with zero attached hydrogens (tertiary/aromatic N) is 1. The first-order valence-corrected chi connectivity index (χ1v) is 8.51. The maximum atomic E-state index is 12.9. The standard InChI is InChI=1S/C15H24N2O3S/c1-10-6-13(7-14(16)12(10)3)21(18,19)17-8-11(2)20-15(4,5)9-17/h6-7,11H,8-9,16H2,1-5H3. The Bertz CT molecular complexity index is 630. The van der Waals surface area contributed by atoms with Gasteiger partial charge in [-0.1, -0.05) is 0 Å². The molecule has 0 aliphatic carbocycles. The van der Waals surface area contributed by atoms with Crippen molar-refractivity contribution >= 4 is 15.7 Å². The summed E-state index contributed by atoms with van der Waals surface area (Å²) >= 11 is 0. The molecule has 0 bridgehead atoms. The summed E-state index contributed by atoms with van der Waals surface area (Å²) in [6, 6.07) is 3.24. The first kappa shape index (κ1) is 16.3. The van der Waals surface area contributed by atoms with E-state index in [2.05, 4.69) is 0 Å². The Morgan fingerprint density at radius 2 is 1.95 bits per heavy atom. The molecule has 0 spiro atoms. The predicted octanol–water partition coefficient (Wildman–Crippen LogP) is 2.07. The highest BCUT2D eigenvalue weighted by Crippen LogP contribution is 2.29. The number of nitrogen functional groups attached to an aromatic ring is 1. The van der Waals surface area contributed by atoms with Crippen LogP contribution in [0.4, 0.5) is 5.69 Å². The van der Waals surface area contributed by atoms with Crippen molar-refractivity contribution in [2.75, 3.05) is 18.8 Å². The van der Waals surface area contributed by atoms with E-state index in [0.29, 0.717) is 18.8 Å². The zero-order valence-corrected chi connectivity index (χ0v) is 14.1. The fourth-order valence-electron chi connectivity index (χ4n) is 2.73. The van der Waals surface area contributed by atoms with Crippen molar-refractivity contribution < 1.29 is 13.2 Å². The molecule has 1 fully saturated rings. The second-order valence-corrected chi connectivity index (χ2v) is 8.38. The van der Waals surface area contributed by atoms with Crippen LogP contribution in [0.1, 0.15) is 31.9 Å². The summed E-state index contributed by atoms with van der Waals surface area (Å²) in [5.74, 6) is 0. The van der Waals surface area contributed by atoms with E-state index in [9.17, 15) is 8.42 Å². The van der Waals surface area contributed by atoms with E-state index in [-0.39, 0.29) is 11.0 Å². The monoisotopic (exact) mass is 312 g/mol. The van der Waals surface area contributed by atoms with E-state index in [1.54, 1.807) is 12.1 Å². The van der Waals surface area contributed by atoms with E-state index in [1.165, 1.54) is 4.31 Å². The van der Waals surface area contributed by atoms with Crippen LogP contribution >= 0.6 is 0 Å². The summed E-state index contributed by atoms with van der Waals surface area (Å²) in [5.41, 5.74) is 7.74. The van der Waals surface area contributed by atoms with Gasteiger partial charge < -0.3 is 10.5 Å². The van der Waals surface area contributed by atoms with Gasteiger partial charge in [-0.25, -0.2) is 8.42 Å². The van der Waals surface area contributed by atoms with E-state index in [1.807, 2.05) is 34.6 Å². The van der Waals surface area contributed by atoms with Crippen molar-refractivity contribution in [1.82, 2.24) is 4.31 Å². The van der Waals surface area contributed by atoms with Crippen LogP contribution in [-0.2, 0) is 14.8 Å². The topological polar surface area (TPSA) is 72.6 Å². The molecule has 5 nitrogen and oxygen atoms in total. The van der Waals surface area contributed by atoms with Gasteiger partial charge >= 0.3 is 0 Å². The number of sulfonamides is 1. The van der Waals surface area contributed by atoms with Crippen molar-refractivity contribution in [3.8, 4) is 0 Å². The highest BCUT2D eigenvalue weighted by Gasteiger charge is 2.38. The fraction of sp³-hybridized carbons (Fsp3) is 0.600. The third-order valence-electron chi connectivity index (χ3n) is 3.86. The molecule has 2 rings (SSSR count). The molecule has 0 amide bonds. The molecule has 21 heavy (non-hydrogen) atoms. The van der Waals surface area contributed by atoms with Crippen LogP contribution in [0.25, 0.3) is 0 Å². The van der Waals surface area contributed by atoms with Crippen LogP contribution < -0.4 is 5.73 Å². The number of morpholine rings is 1. The van der Waals surface area contributed by atoms with Gasteiger partial charge in [-0.15, -0.1) is 0 Å². The average Bonchev–Trinajstić information content (AvgIpc) is 2.32. The highest BCUT2D eigenvalue weighted by molar-refractivity contribution is 7.89. The van der Waals surface area contributed by atoms with Crippen molar-refractivity contribution in [2.24, 2.45) is 0 Å². The van der Waals surface area contributed by atoms with Crippen LogP contribution in [0.3, 0.4) is 0 Å². The van der Waals surface area contributed by atoms with Crippen LogP contribution in [0.2, 0.25) is 0 Å². The third-order valence-corrected chi connectivity index (χ3v) is 5.65. The van der Waals surface area contributed by atoms with Gasteiger partial charge in [0.05, 0.1) is 16.6 Å². The maximum Gasteiger partial charge on any atom is 0.243 e. The lowest BCUT2D eigenvalue weighted by Crippen LogP contribution is -2.53. The molecule has 1 aromatic rings. The van der Waals surface area contributed by atoms with E-state index >= 15 is 0 Å². The fourth-order valence-corrected chi connectivity index (χ4v) is 4.52. The van der Waals surface area contributed by atoms with Gasteiger partial charge in [0.1, 0.15) is 0 Å². The number of hydrogen-bond acceptors (Lipinski definition) is 4. The molecular weight excluding hydrogens is 288 g/mol. The molecule has 1 aromatic carbocycles. The molecule has 1 aliphatic heterocycles. The van der Waals surface area contributed by atoms with Gasteiger partial charge in [-0.05, 0) is 57.9 Å². The van der Waals surface area contributed by atoms with Gasteiger partial charge in [0.15, 0.2) is 0 Å². The largest absolute Gasteiger partial charge is 0.398 e. The third kappa shape index (κ3) is 3.22. The SMILES string of the molecule is Cc1cc(S(=O)(=O)N2CC(C)OC(C)(C)C2)cc(N)c1C. The molecule has 1 aliphatic rings. The van der Waals surface area contributed by atoms with Gasteiger partial charge in [-0.3, -0.25) is 0 Å². The summed E-state index contributed by atoms with van der Waals surface area (Å²) in [6.07, 6.45) is -0.132. The molecule has 2 N–H and O–H groups in total. The number of ether oxygens (including phenoxy) is 1. The molecular formula is C15H24N2O3S. The summed E-state index contributed by atoms with van der Waals surface area (Å²) < 4.78 is 33.0. The minimum atomic E-state index is -3.55. The highest BCUT2D eigenvalue weighted by atomic mass is 32.2. The summed E-state index contributed by atoms with van der Waals surface area (Å²) in [4.78, 5) is 0.257. The maximum absolute atomic E-state index is 12.9. The van der Waals surface area contributed by atoms with Crippen molar-refractivity contribution in [3.05, 3.63) is 23.3 Å². The zero-order chi connectivity index (χ0) is 16.0. The lowest BCUT2D eigenvalue weighted by atomic mass is 10.1. The second-order valence-electron chi connectivity index (χ2n) is 6.44. The number of benzene rings is 1. The van der Waals surface area contributed by atoms with Gasteiger partial charge in [0.2, 0.25) is 10.0 Å². The smallest absolute Gasteiger partial charge is 0.243 e. The quantitative estimate of drug-likeness (QED) is 0.849. The molecule has 0 aromatic heterocycles. The lowest BCUT2D eigenvalue weighted by Gasteiger charge is -2.40. The Hall–Kier alpha value is -1.11. The van der Waals surface area contributed by atoms with Crippen LogP contribution in [0, 0.1) is 13.8 Å². The molecule has 0 radical (unpaired) electrons. The first-order valence-electron chi connectivity index (χ1n) is 7.07. The van der Waals surface area contributed by atoms with Crippen molar-refractivity contribution in [3.63, 3.8) is 0 Å². The number of anilines is 1. The first-order chi connectivity index (χ1) is 9.53. The number of hydrogen-bond donors (Lipinski definition) is 1. The summed E-state index contributed by atoms with van der Waals surface area (Å²) in [6.45, 7) is 10.2. The van der Waals surface area contributed by atoms with Crippen molar-refractivity contribution in [1.29, 1.82) is 0 Å². The molecule has 1 saturated heterocycles. The molecule has 1 unspecified atom stereocenters. The van der Waals surface area contributed by atoms with E-state index < -0.39 is 15.6 Å². The molecule has 118 valence electrons. The Morgan fingerprint density at radius 3 is 2.48 bits per heavy atom. The molecule has 1 heterocycles. The van der Waals surface area contributed by atoms with Crippen molar-refractivity contribution in [2.45, 2.75) is 51.2 Å². The number of aryl methyl sites for hydroxylation is 1. The molecule has 0 saturated carbocycles. The molecule has 1 atom stereocenters. The lowest BCUT2D eigenvalue weighted by molar-refractivity contribution is -0.109. The summed E-state index contributed by atoms with van der Waals surface area (Å²) in [7, 11) is -3.55. The second kappa shape index (κ2) is 5.26. The Labute approximate surface area is 127 Å². The number of rotatable bonds is 2. The Morgan fingerprint density at radius 1 is 1.33 bits per heavy atom. The normalized spacial score (nSPS) is 23.2. The minimum Gasteiger partial charge on any atom is -0.398 e. The van der Waals surface area contributed by atoms with Crippen LogP contribution in [-0.4, -0.2) is 37.5 Å².